The number of aliphatic carboxylic acids is 1. The molecule has 7 nitrogen and oxygen atoms in total. The zero-order valence-electron chi connectivity index (χ0n) is 15.7. The number of nitrogens with one attached hydrogen (secondary N) is 2. The lowest BCUT2D eigenvalue weighted by Crippen LogP contribution is -2.43. The Labute approximate surface area is 159 Å². The predicted molar refractivity (Wildman–Crippen MR) is 105 cm³/mol. The maximum absolute atomic E-state index is 12.2. The average Bonchev–Trinajstić information content (AvgIpc) is 2.65. The van der Waals surface area contributed by atoms with Gasteiger partial charge in [0, 0.05) is 39.3 Å². The second-order valence-corrected chi connectivity index (χ2v) is 6.57. The van der Waals surface area contributed by atoms with Gasteiger partial charge in [0.1, 0.15) is 5.82 Å². The van der Waals surface area contributed by atoms with Crippen molar-refractivity contribution in [2.75, 3.05) is 19.0 Å². The molecule has 7 heteroatoms. The molecule has 2 amide bonds. The summed E-state index contributed by atoms with van der Waals surface area (Å²) < 4.78 is 0. The predicted octanol–water partition coefficient (Wildman–Crippen LogP) is 2.42. The van der Waals surface area contributed by atoms with Crippen LogP contribution in [0.5, 0.6) is 0 Å². The van der Waals surface area contributed by atoms with Gasteiger partial charge in [-0.1, -0.05) is 36.4 Å². The van der Waals surface area contributed by atoms with E-state index in [4.69, 9.17) is 5.11 Å². The van der Waals surface area contributed by atoms with Crippen molar-refractivity contribution in [3.05, 3.63) is 59.8 Å². The molecule has 1 unspecified atom stereocenters. The Kier molecular flexibility index (Phi) is 7.61. The van der Waals surface area contributed by atoms with Gasteiger partial charge in [-0.25, -0.2) is 9.78 Å². The van der Waals surface area contributed by atoms with Gasteiger partial charge in [-0.3, -0.25) is 4.79 Å². The molecule has 1 aromatic heterocycles. The number of benzene rings is 1. The lowest BCUT2D eigenvalue weighted by atomic mass is 10.0. The van der Waals surface area contributed by atoms with Crippen LogP contribution >= 0.6 is 0 Å². The monoisotopic (exact) mass is 370 g/mol. The van der Waals surface area contributed by atoms with E-state index >= 15 is 0 Å². The first-order valence-electron chi connectivity index (χ1n) is 8.86. The number of hydrogen-bond donors (Lipinski definition) is 3. The molecule has 3 N–H and O–H groups in total. The minimum atomic E-state index is -0.873. The van der Waals surface area contributed by atoms with E-state index in [0.717, 1.165) is 16.9 Å². The molecule has 0 spiro atoms. The number of carbonyl (C=O) groups is 2. The highest BCUT2D eigenvalue weighted by Gasteiger charge is 2.14. The lowest BCUT2D eigenvalue weighted by Gasteiger charge is -2.19. The van der Waals surface area contributed by atoms with E-state index in [1.807, 2.05) is 61.5 Å². The van der Waals surface area contributed by atoms with Crippen molar-refractivity contribution in [2.45, 2.75) is 31.8 Å². The van der Waals surface area contributed by atoms with Crippen LogP contribution in [0, 0.1) is 0 Å². The van der Waals surface area contributed by atoms with Crippen molar-refractivity contribution in [3.8, 4) is 0 Å². The highest BCUT2D eigenvalue weighted by atomic mass is 16.4. The topological polar surface area (TPSA) is 94.6 Å². The van der Waals surface area contributed by atoms with E-state index in [1.165, 1.54) is 0 Å². The smallest absolute Gasteiger partial charge is 0.315 e. The molecule has 1 atom stereocenters. The molecule has 0 saturated heterocycles. The molecule has 0 bridgehead atoms. The van der Waals surface area contributed by atoms with E-state index in [1.54, 1.807) is 6.20 Å². The summed E-state index contributed by atoms with van der Waals surface area (Å²) in [6, 6.07) is 12.9. The molecule has 0 radical (unpaired) electrons. The largest absolute Gasteiger partial charge is 0.481 e. The molecule has 0 aliphatic heterocycles. The van der Waals surface area contributed by atoms with Gasteiger partial charge in [0.25, 0.3) is 0 Å². The molecule has 1 heterocycles. The molecular weight excluding hydrogens is 344 g/mol. The number of nitrogens with zero attached hydrogens (tertiary/aromatic N) is 2. The van der Waals surface area contributed by atoms with Crippen LogP contribution in [0.15, 0.2) is 48.7 Å². The summed E-state index contributed by atoms with van der Waals surface area (Å²) >= 11 is 0. The highest BCUT2D eigenvalue weighted by molar-refractivity contribution is 5.74. The second kappa shape index (κ2) is 10.2. The average molecular weight is 370 g/mol. The number of aromatic nitrogens is 1. The Morgan fingerprint density at radius 2 is 1.85 bits per heavy atom. The molecule has 1 aromatic carbocycles. The molecular formula is C20H26N4O3. The Hall–Kier alpha value is -3.09. The van der Waals surface area contributed by atoms with Crippen LogP contribution < -0.4 is 15.5 Å². The standard InChI is InChI=1S/C20H26N4O3/c1-24(2)18-10-8-16(13-21-18)14-22-20(27)23-17(9-11-19(25)26)12-15-6-4-3-5-7-15/h3-8,10,13,17H,9,11-12,14H2,1-2H3,(H,25,26)(H2,22,23,27). The molecule has 144 valence electrons. The Balaban J connectivity index is 1.88. The first-order chi connectivity index (χ1) is 12.9. The number of rotatable bonds is 9. The van der Waals surface area contributed by atoms with Gasteiger partial charge in [0.2, 0.25) is 0 Å². The van der Waals surface area contributed by atoms with Gasteiger partial charge in [-0.15, -0.1) is 0 Å². The van der Waals surface area contributed by atoms with Crippen molar-refractivity contribution in [1.82, 2.24) is 15.6 Å². The van der Waals surface area contributed by atoms with Crippen LogP contribution in [0.4, 0.5) is 10.6 Å². The summed E-state index contributed by atoms with van der Waals surface area (Å²) in [4.78, 5) is 29.3. The third kappa shape index (κ3) is 7.35. The minimum absolute atomic E-state index is 0.00764. The van der Waals surface area contributed by atoms with E-state index in [-0.39, 0.29) is 18.5 Å². The molecule has 0 fully saturated rings. The van der Waals surface area contributed by atoms with Gasteiger partial charge in [-0.05, 0) is 30.0 Å². The van der Waals surface area contributed by atoms with Crippen LogP contribution in [-0.2, 0) is 17.8 Å². The highest BCUT2D eigenvalue weighted by Crippen LogP contribution is 2.09. The fraction of sp³-hybridized carbons (Fsp3) is 0.350. The van der Waals surface area contributed by atoms with Gasteiger partial charge in [0.15, 0.2) is 0 Å². The van der Waals surface area contributed by atoms with Gasteiger partial charge in [0.05, 0.1) is 0 Å². The van der Waals surface area contributed by atoms with Crippen molar-refractivity contribution < 1.29 is 14.7 Å². The number of urea groups is 1. The van der Waals surface area contributed by atoms with Crippen LogP contribution in [0.3, 0.4) is 0 Å². The van der Waals surface area contributed by atoms with Gasteiger partial charge in [-0.2, -0.15) is 0 Å². The van der Waals surface area contributed by atoms with Crippen molar-refractivity contribution >= 4 is 17.8 Å². The van der Waals surface area contributed by atoms with E-state index in [0.29, 0.717) is 19.4 Å². The van der Waals surface area contributed by atoms with Gasteiger partial charge < -0.3 is 20.6 Å². The van der Waals surface area contributed by atoms with Crippen molar-refractivity contribution in [3.63, 3.8) is 0 Å². The Morgan fingerprint density at radius 1 is 1.11 bits per heavy atom. The Morgan fingerprint density at radius 3 is 2.44 bits per heavy atom. The summed E-state index contributed by atoms with van der Waals surface area (Å²) in [6.07, 6.45) is 2.69. The first kappa shape index (κ1) is 20.2. The van der Waals surface area contributed by atoms with Crippen LogP contribution in [0.1, 0.15) is 24.0 Å². The minimum Gasteiger partial charge on any atom is -0.481 e. The summed E-state index contributed by atoms with van der Waals surface area (Å²) in [7, 11) is 3.83. The van der Waals surface area contributed by atoms with E-state index in [2.05, 4.69) is 15.6 Å². The zero-order chi connectivity index (χ0) is 19.6. The maximum Gasteiger partial charge on any atom is 0.315 e. The number of hydrogen-bond acceptors (Lipinski definition) is 4. The van der Waals surface area contributed by atoms with Crippen LogP contribution in [-0.4, -0.2) is 42.2 Å². The third-order valence-corrected chi connectivity index (χ3v) is 4.09. The molecule has 0 aliphatic carbocycles. The second-order valence-electron chi connectivity index (χ2n) is 6.57. The van der Waals surface area contributed by atoms with Crippen molar-refractivity contribution in [2.24, 2.45) is 0 Å². The number of pyridine rings is 1. The molecule has 0 aliphatic rings. The summed E-state index contributed by atoms with van der Waals surface area (Å²) in [5.74, 6) is -0.0258. The third-order valence-electron chi connectivity index (χ3n) is 4.09. The lowest BCUT2D eigenvalue weighted by molar-refractivity contribution is -0.137. The molecule has 2 rings (SSSR count). The summed E-state index contributed by atoms with van der Waals surface area (Å²) in [5, 5.41) is 14.6. The van der Waals surface area contributed by atoms with Crippen LogP contribution in [0.25, 0.3) is 0 Å². The quantitative estimate of drug-likeness (QED) is 0.630. The first-order valence-corrected chi connectivity index (χ1v) is 8.86. The Bertz CT molecular complexity index is 733. The van der Waals surface area contributed by atoms with E-state index < -0.39 is 5.97 Å². The fourth-order valence-corrected chi connectivity index (χ4v) is 2.63. The number of anilines is 1. The summed E-state index contributed by atoms with van der Waals surface area (Å²) in [6.45, 7) is 0.351. The maximum atomic E-state index is 12.2. The molecule has 27 heavy (non-hydrogen) atoms. The molecule has 0 saturated carbocycles. The number of amides is 2. The number of carboxylic acids is 1. The van der Waals surface area contributed by atoms with E-state index in [9.17, 15) is 9.59 Å². The van der Waals surface area contributed by atoms with Gasteiger partial charge >= 0.3 is 12.0 Å². The molecule has 2 aromatic rings. The zero-order valence-corrected chi connectivity index (χ0v) is 15.7. The normalized spacial score (nSPS) is 11.5. The number of carbonyl (C=O) groups excluding carboxylic acids is 1. The summed E-state index contributed by atoms with van der Waals surface area (Å²) in [5.41, 5.74) is 1.94. The fourth-order valence-electron chi connectivity index (χ4n) is 2.63. The van der Waals surface area contributed by atoms with Crippen molar-refractivity contribution in [1.29, 1.82) is 0 Å². The van der Waals surface area contributed by atoms with Crippen LogP contribution in [0.2, 0.25) is 0 Å². The number of carboxylic acid groups (broad SMARTS) is 1. The SMILES string of the molecule is CN(C)c1ccc(CNC(=O)NC(CCC(=O)O)Cc2ccccc2)cn1.